The van der Waals surface area contributed by atoms with Gasteiger partial charge in [-0.25, -0.2) is 4.68 Å². The highest BCUT2D eigenvalue weighted by molar-refractivity contribution is 9.10. The summed E-state index contributed by atoms with van der Waals surface area (Å²) in [7, 11) is 1.74. The highest BCUT2D eigenvalue weighted by atomic mass is 79.9. The van der Waals surface area contributed by atoms with Crippen LogP contribution >= 0.6 is 15.9 Å². The van der Waals surface area contributed by atoms with E-state index in [1.165, 1.54) is 0 Å². The summed E-state index contributed by atoms with van der Waals surface area (Å²) in [5.41, 5.74) is 1.14. The molecule has 1 aromatic carbocycles. The van der Waals surface area contributed by atoms with Crippen molar-refractivity contribution >= 4 is 22.2 Å². The molecule has 17 heavy (non-hydrogen) atoms. The van der Waals surface area contributed by atoms with Gasteiger partial charge in [-0.15, -0.1) is 0 Å². The molecule has 1 heterocycles. The number of rotatable bonds is 3. The Morgan fingerprint density at radius 2 is 2.00 bits per heavy atom. The van der Waals surface area contributed by atoms with Gasteiger partial charge in [-0.1, -0.05) is 15.9 Å². The quantitative estimate of drug-likeness (QED) is 0.817. The van der Waals surface area contributed by atoms with Gasteiger partial charge in [-0.3, -0.25) is 4.79 Å². The SMILES string of the molecule is Cc1nn(C)c(Oc2ccc(Br)cc2)c1C=O. The number of benzene rings is 1. The lowest BCUT2D eigenvalue weighted by Crippen LogP contribution is -1.96. The molecule has 0 aliphatic carbocycles. The largest absolute Gasteiger partial charge is 0.439 e. The number of hydrogen-bond donors (Lipinski definition) is 0. The first kappa shape index (κ1) is 11.9. The summed E-state index contributed by atoms with van der Waals surface area (Å²) in [5.74, 6) is 1.12. The number of aryl methyl sites for hydroxylation is 2. The molecule has 1 aromatic heterocycles. The molecular weight excluding hydrogens is 284 g/mol. The van der Waals surface area contributed by atoms with Crippen molar-refractivity contribution in [3.05, 3.63) is 40.0 Å². The number of carbonyl (C=O) groups is 1. The normalized spacial score (nSPS) is 10.3. The van der Waals surface area contributed by atoms with E-state index in [4.69, 9.17) is 4.74 Å². The molecule has 0 spiro atoms. The molecule has 5 heteroatoms. The van der Waals surface area contributed by atoms with Gasteiger partial charge in [0.1, 0.15) is 5.75 Å². The van der Waals surface area contributed by atoms with Gasteiger partial charge in [0.25, 0.3) is 0 Å². The third kappa shape index (κ3) is 2.39. The van der Waals surface area contributed by atoms with E-state index in [2.05, 4.69) is 21.0 Å². The Morgan fingerprint density at radius 1 is 1.35 bits per heavy atom. The van der Waals surface area contributed by atoms with Gasteiger partial charge in [0.05, 0.1) is 11.3 Å². The number of nitrogens with zero attached hydrogens (tertiary/aromatic N) is 2. The van der Waals surface area contributed by atoms with Crippen molar-refractivity contribution in [2.24, 2.45) is 7.05 Å². The second kappa shape index (κ2) is 4.71. The second-order valence-electron chi connectivity index (χ2n) is 3.60. The van der Waals surface area contributed by atoms with E-state index in [9.17, 15) is 4.79 Å². The molecule has 0 amide bonds. The van der Waals surface area contributed by atoms with E-state index in [1.807, 2.05) is 24.3 Å². The summed E-state index contributed by atoms with van der Waals surface area (Å²) in [5, 5.41) is 4.15. The first-order chi connectivity index (χ1) is 8.11. The van der Waals surface area contributed by atoms with E-state index in [-0.39, 0.29) is 0 Å². The fraction of sp³-hybridized carbons (Fsp3) is 0.167. The lowest BCUT2D eigenvalue weighted by atomic mass is 10.3. The third-order valence-electron chi connectivity index (χ3n) is 2.36. The first-order valence-electron chi connectivity index (χ1n) is 5.04. The lowest BCUT2D eigenvalue weighted by Gasteiger charge is -2.06. The number of carbonyl (C=O) groups excluding carboxylic acids is 1. The van der Waals surface area contributed by atoms with Crippen LogP contribution in [0.2, 0.25) is 0 Å². The van der Waals surface area contributed by atoms with Crippen LogP contribution in [0.1, 0.15) is 16.1 Å². The zero-order chi connectivity index (χ0) is 12.4. The molecule has 0 N–H and O–H groups in total. The van der Waals surface area contributed by atoms with Gasteiger partial charge < -0.3 is 4.74 Å². The second-order valence-corrected chi connectivity index (χ2v) is 4.52. The smallest absolute Gasteiger partial charge is 0.228 e. The molecule has 0 bridgehead atoms. The standard InChI is InChI=1S/C12H11BrN2O2/c1-8-11(7-16)12(15(2)14-8)17-10-5-3-9(13)4-6-10/h3-7H,1-2H3. The van der Waals surface area contributed by atoms with Crippen LogP contribution in [-0.2, 0) is 7.05 Å². The van der Waals surface area contributed by atoms with Crippen LogP contribution in [0.3, 0.4) is 0 Å². The first-order valence-corrected chi connectivity index (χ1v) is 5.83. The molecular formula is C12H11BrN2O2. The van der Waals surface area contributed by atoms with Crippen LogP contribution in [0.5, 0.6) is 11.6 Å². The molecule has 0 unspecified atom stereocenters. The predicted octanol–water partition coefficient (Wildman–Crippen LogP) is 3.10. The summed E-state index contributed by atoms with van der Waals surface area (Å²) < 4.78 is 8.19. The molecule has 0 saturated carbocycles. The Bertz CT molecular complexity index is 546. The fourth-order valence-electron chi connectivity index (χ4n) is 1.52. The molecule has 88 valence electrons. The average Bonchev–Trinajstić information content (AvgIpc) is 2.57. The summed E-state index contributed by atoms with van der Waals surface area (Å²) in [4.78, 5) is 11.0. The number of aldehydes is 1. The van der Waals surface area contributed by atoms with Crippen molar-refractivity contribution in [3.8, 4) is 11.6 Å². The zero-order valence-electron chi connectivity index (χ0n) is 9.48. The zero-order valence-corrected chi connectivity index (χ0v) is 11.1. The monoisotopic (exact) mass is 294 g/mol. The van der Waals surface area contributed by atoms with Gasteiger partial charge in [0.2, 0.25) is 5.88 Å². The fourth-order valence-corrected chi connectivity index (χ4v) is 1.79. The maximum atomic E-state index is 11.0. The van der Waals surface area contributed by atoms with Crippen LogP contribution in [0.4, 0.5) is 0 Å². The number of halogens is 1. The van der Waals surface area contributed by atoms with Crippen LogP contribution in [-0.4, -0.2) is 16.1 Å². The number of ether oxygens (including phenoxy) is 1. The Labute approximate surface area is 107 Å². The molecule has 2 rings (SSSR count). The van der Waals surface area contributed by atoms with Gasteiger partial charge in [0.15, 0.2) is 6.29 Å². The molecule has 0 aliphatic heterocycles. The van der Waals surface area contributed by atoms with Crippen LogP contribution in [0, 0.1) is 6.92 Å². The minimum absolute atomic E-state index is 0.458. The maximum absolute atomic E-state index is 11.0. The lowest BCUT2D eigenvalue weighted by molar-refractivity contribution is 0.112. The molecule has 0 aliphatic rings. The van der Waals surface area contributed by atoms with Gasteiger partial charge in [-0.2, -0.15) is 5.10 Å². The van der Waals surface area contributed by atoms with Gasteiger partial charge in [-0.05, 0) is 31.2 Å². The van der Waals surface area contributed by atoms with E-state index in [0.29, 0.717) is 22.9 Å². The van der Waals surface area contributed by atoms with Crippen molar-refractivity contribution in [1.82, 2.24) is 9.78 Å². The predicted molar refractivity (Wildman–Crippen MR) is 67.5 cm³/mol. The average molecular weight is 295 g/mol. The van der Waals surface area contributed by atoms with Crippen molar-refractivity contribution in [2.75, 3.05) is 0 Å². The van der Waals surface area contributed by atoms with Gasteiger partial charge in [0, 0.05) is 11.5 Å². The minimum atomic E-state index is 0.458. The maximum Gasteiger partial charge on any atom is 0.228 e. The van der Waals surface area contributed by atoms with Crippen molar-refractivity contribution < 1.29 is 9.53 Å². The molecule has 4 nitrogen and oxygen atoms in total. The Balaban J connectivity index is 2.35. The van der Waals surface area contributed by atoms with Crippen molar-refractivity contribution in [1.29, 1.82) is 0 Å². The highest BCUT2D eigenvalue weighted by Crippen LogP contribution is 2.26. The van der Waals surface area contributed by atoms with E-state index < -0.39 is 0 Å². The van der Waals surface area contributed by atoms with E-state index in [0.717, 1.165) is 10.8 Å². The van der Waals surface area contributed by atoms with Crippen molar-refractivity contribution in [2.45, 2.75) is 6.92 Å². The minimum Gasteiger partial charge on any atom is -0.439 e. The summed E-state index contributed by atoms with van der Waals surface area (Å²) in [6, 6.07) is 7.39. The van der Waals surface area contributed by atoms with Crippen molar-refractivity contribution in [3.63, 3.8) is 0 Å². The highest BCUT2D eigenvalue weighted by Gasteiger charge is 2.14. The summed E-state index contributed by atoms with van der Waals surface area (Å²) in [6.45, 7) is 1.78. The Morgan fingerprint density at radius 3 is 2.59 bits per heavy atom. The van der Waals surface area contributed by atoms with Crippen LogP contribution in [0.25, 0.3) is 0 Å². The van der Waals surface area contributed by atoms with E-state index >= 15 is 0 Å². The Kier molecular flexibility index (Phi) is 3.28. The molecule has 2 aromatic rings. The molecule has 0 radical (unpaired) electrons. The number of hydrogen-bond acceptors (Lipinski definition) is 3. The summed E-state index contributed by atoms with van der Waals surface area (Å²) in [6.07, 6.45) is 0.760. The third-order valence-corrected chi connectivity index (χ3v) is 2.89. The Hall–Kier alpha value is -1.62. The molecule has 0 atom stereocenters. The molecule has 0 fully saturated rings. The molecule has 0 saturated heterocycles. The number of aromatic nitrogens is 2. The van der Waals surface area contributed by atoms with Crippen LogP contribution in [0.15, 0.2) is 28.7 Å². The van der Waals surface area contributed by atoms with Crippen LogP contribution < -0.4 is 4.74 Å². The summed E-state index contributed by atoms with van der Waals surface area (Å²) >= 11 is 3.35. The van der Waals surface area contributed by atoms with E-state index in [1.54, 1.807) is 18.7 Å². The topological polar surface area (TPSA) is 44.1 Å². The van der Waals surface area contributed by atoms with Gasteiger partial charge >= 0.3 is 0 Å².